The van der Waals surface area contributed by atoms with Gasteiger partial charge >= 0.3 is 5.97 Å². The first-order chi connectivity index (χ1) is 9.31. The minimum Gasteiger partial charge on any atom is -0.460 e. The molecular formula is C15H28N2O3. The van der Waals surface area contributed by atoms with E-state index in [-0.39, 0.29) is 24.7 Å². The second kappa shape index (κ2) is 7.62. The minimum atomic E-state index is -0.487. The fourth-order valence-corrected chi connectivity index (χ4v) is 2.07. The maximum absolute atomic E-state index is 11.6. The van der Waals surface area contributed by atoms with E-state index in [1.807, 2.05) is 20.8 Å². The quantitative estimate of drug-likeness (QED) is 0.689. The summed E-state index contributed by atoms with van der Waals surface area (Å²) in [6.07, 6.45) is 2.90. The normalized spacial score (nSPS) is 15.2. The molecular weight excluding hydrogens is 256 g/mol. The predicted molar refractivity (Wildman–Crippen MR) is 78.4 cm³/mol. The van der Waals surface area contributed by atoms with Crippen LogP contribution in [0, 0.1) is 0 Å². The van der Waals surface area contributed by atoms with Gasteiger partial charge in [0.15, 0.2) is 0 Å². The molecule has 0 heterocycles. The van der Waals surface area contributed by atoms with E-state index >= 15 is 0 Å². The summed E-state index contributed by atoms with van der Waals surface area (Å²) >= 11 is 0. The van der Waals surface area contributed by atoms with Crippen molar-refractivity contribution in [2.24, 2.45) is 0 Å². The Labute approximate surface area is 122 Å². The van der Waals surface area contributed by atoms with Crippen molar-refractivity contribution in [3.63, 3.8) is 0 Å². The minimum absolute atomic E-state index is 0.0808. The number of ether oxygens (including phenoxy) is 1. The number of carbonyl (C=O) groups excluding carboxylic acids is 2. The van der Waals surface area contributed by atoms with E-state index in [4.69, 9.17) is 4.74 Å². The van der Waals surface area contributed by atoms with Gasteiger partial charge < -0.3 is 10.1 Å². The van der Waals surface area contributed by atoms with Crippen LogP contribution in [-0.2, 0) is 14.3 Å². The Morgan fingerprint density at radius 1 is 1.25 bits per heavy atom. The van der Waals surface area contributed by atoms with E-state index in [0.717, 1.165) is 19.1 Å². The number of esters is 1. The summed E-state index contributed by atoms with van der Waals surface area (Å²) in [4.78, 5) is 25.5. The molecule has 1 saturated carbocycles. The standard InChI is InChI=1S/C15H28N2O3/c1-5-17(12-6-7-12)11-10-16-13(18)8-9-14(19)20-15(2,3)4/h12H,5-11H2,1-4H3,(H,16,18). The molecule has 0 aliphatic heterocycles. The third-order valence-corrected chi connectivity index (χ3v) is 3.17. The van der Waals surface area contributed by atoms with E-state index in [2.05, 4.69) is 17.1 Å². The fourth-order valence-electron chi connectivity index (χ4n) is 2.07. The number of carbonyl (C=O) groups is 2. The fraction of sp³-hybridized carbons (Fsp3) is 0.867. The molecule has 0 saturated heterocycles. The van der Waals surface area contributed by atoms with Crippen LogP contribution in [0.3, 0.4) is 0 Å². The van der Waals surface area contributed by atoms with Gasteiger partial charge in [0.1, 0.15) is 5.60 Å². The summed E-state index contributed by atoms with van der Waals surface area (Å²) in [5, 5.41) is 2.86. The number of nitrogens with zero attached hydrogens (tertiary/aromatic N) is 1. The van der Waals surface area contributed by atoms with E-state index in [9.17, 15) is 9.59 Å². The highest BCUT2D eigenvalue weighted by Crippen LogP contribution is 2.25. The van der Waals surface area contributed by atoms with Crippen molar-refractivity contribution in [2.75, 3.05) is 19.6 Å². The predicted octanol–water partition coefficient (Wildman–Crippen LogP) is 1.71. The highest BCUT2D eigenvalue weighted by Gasteiger charge is 2.27. The monoisotopic (exact) mass is 284 g/mol. The number of amides is 1. The third-order valence-electron chi connectivity index (χ3n) is 3.17. The Hall–Kier alpha value is -1.10. The highest BCUT2D eigenvalue weighted by molar-refractivity contribution is 5.81. The molecule has 1 amide bonds. The Morgan fingerprint density at radius 3 is 2.40 bits per heavy atom. The zero-order chi connectivity index (χ0) is 15.2. The van der Waals surface area contributed by atoms with Crippen LogP contribution in [0.4, 0.5) is 0 Å². The van der Waals surface area contributed by atoms with Gasteiger partial charge in [-0.25, -0.2) is 0 Å². The van der Waals surface area contributed by atoms with Crippen molar-refractivity contribution < 1.29 is 14.3 Å². The maximum Gasteiger partial charge on any atom is 0.306 e. The summed E-state index contributed by atoms with van der Waals surface area (Å²) in [5.74, 6) is -0.400. The first-order valence-corrected chi connectivity index (χ1v) is 7.54. The number of hydrogen-bond acceptors (Lipinski definition) is 4. The first kappa shape index (κ1) is 17.0. The van der Waals surface area contributed by atoms with Crippen molar-refractivity contribution in [2.45, 2.75) is 65.0 Å². The van der Waals surface area contributed by atoms with Crippen LogP contribution in [0.2, 0.25) is 0 Å². The second-order valence-corrected chi connectivity index (χ2v) is 6.30. The van der Waals surface area contributed by atoms with Gasteiger partial charge in [0.05, 0.1) is 6.42 Å². The van der Waals surface area contributed by atoms with E-state index in [0.29, 0.717) is 6.54 Å². The average Bonchev–Trinajstić information content (AvgIpc) is 3.14. The van der Waals surface area contributed by atoms with Crippen molar-refractivity contribution in [3.8, 4) is 0 Å². The molecule has 0 atom stereocenters. The van der Waals surface area contributed by atoms with Crippen molar-refractivity contribution in [1.82, 2.24) is 10.2 Å². The first-order valence-electron chi connectivity index (χ1n) is 7.54. The van der Waals surface area contributed by atoms with Gasteiger partial charge in [0.25, 0.3) is 0 Å². The number of nitrogens with one attached hydrogen (secondary N) is 1. The molecule has 5 nitrogen and oxygen atoms in total. The SMILES string of the molecule is CCN(CCNC(=O)CCC(=O)OC(C)(C)C)C1CC1. The maximum atomic E-state index is 11.6. The van der Waals surface area contributed by atoms with Crippen LogP contribution in [0.1, 0.15) is 53.4 Å². The average molecular weight is 284 g/mol. The molecule has 5 heteroatoms. The van der Waals surface area contributed by atoms with Gasteiger partial charge in [-0.2, -0.15) is 0 Å². The highest BCUT2D eigenvalue weighted by atomic mass is 16.6. The van der Waals surface area contributed by atoms with Gasteiger partial charge in [-0.15, -0.1) is 0 Å². The van der Waals surface area contributed by atoms with Crippen LogP contribution in [0.15, 0.2) is 0 Å². The van der Waals surface area contributed by atoms with Crippen LogP contribution in [0.5, 0.6) is 0 Å². The number of hydrogen-bond donors (Lipinski definition) is 1. The molecule has 0 spiro atoms. The van der Waals surface area contributed by atoms with E-state index in [1.165, 1.54) is 12.8 Å². The number of rotatable bonds is 8. The molecule has 1 aliphatic rings. The lowest BCUT2D eigenvalue weighted by atomic mass is 10.2. The Kier molecular flexibility index (Phi) is 6.46. The second-order valence-electron chi connectivity index (χ2n) is 6.30. The largest absolute Gasteiger partial charge is 0.460 e. The molecule has 0 aromatic carbocycles. The zero-order valence-electron chi connectivity index (χ0n) is 13.2. The molecule has 0 aromatic rings. The summed E-state index contributed by atoms with van der Waals surface area (Å²) in [5.41, 5.74) is -0.487. The lowest BCUT2D eigenvalue weighted by Gasteiger charge is -2.20. The lowest BCUT2D eigenvalue weighted by Crippen LogP contribution is -2.36. The summed E-state index contributed by atoms with van der Waals surface area (Å²) in [6, 6.07) is 0.721. The van der Waals surface area contributed by atoms with Crippen LogP contribution in [0.25, 0.3) is 0 Å². The Balaban J connectivity index is 2.09. The number of likely N-dealkylation sites (N-methyl/N-ethyl adjacent to an activating group) is 1. The van der Waals surface area contributed by atoms with E-state index in [1.54, 1.807) is 0 Å². The molecule has 0 bridgehead atoms. The molecule has 0 unspecified atom stereocenters. The molecule has 1 N–H and O–H groups in total. The van der Waals surface area contributed by atoms with Crippen LogP contribution in [-0.4, -0.2) is 48.1 Å². The lowest BCUT2D eigenvalue weighted by molar-refractivity contribution is -0.155. The van der Waals surface area contributed by atoms with Crippen molar-refractivity contribution in [3.05, 3.63) is 0 Å². The van der Waals surface area contributed by atoms with Crippen molar-refractivity contribution in [1.29, 1.82) is 0 Å². The Bertz CT molecular complexity index is 333. The molecule has 116 valence electrons. The van der Waals surface area contributed by atoms with Gasteiger partial charge in [-0.1, -0.05) is 6.92 Å². The third kappa shape index (κ3) is 7.48. The van der Waals surface area contributed by atoms with Gasteiger partial charge in [0, 0.05) is 25.6 Å². The van der Waals surface area contributed by atoms with Crippen LogP contribution >= 0.6 is 0 Å². The van der Waals surface area contributed by atoms with Gasteiger partial charge in [0.2, 0.25) is 5.91 Å². The molecule has 0 radical (unpaired) electrons. The zero-order valence-corrected chi connectivity index (χ0v) is 13.2. The topological polar surface area (TPSA) is 58.6 Å². The smallest absolute Gasteiger partial charge is 0.306 e. The summed E-state index contributed by atoms with van der Waals surface area (Å²) in [6.45, 7) is 10.2. The van der Waals surface area contributed by atoms with Crippen molar-refractivity contribution >= 4 is 11.9 Å². The molecule has 1 fully saturated rings. The molecule has 1 aliphatic carbocycles. The van der Waals surface area contributed by atoms with E-state index < -0.39 is 5.60 Å². The van der Waals surface area contributed by atoms with Gasteiger partial charge in [-0.3, -0.25) is 14.5 Å². The summed E-state index contributed by atoms with van der Waals surface area (Å²) < 4.78 is 5.16. The summed E-state index contributed by atoms with van der Waals surface area (Å²) in [7, 11) is 0. The molecule has 0 aromatic heterocycles. The molecule has 20 heavy (non-hydrogen) atoms. The van der Waals surface area contributed by atoms with Crippen LogP contribution < -0.4 is 5.32 Å². The molecule has 1 rings (SSSR count). The Morgan fingerprint density at radius 2 is 1.90 bits per heavy atom. The van der Waals surface area contributed by atoms with Gasteiger partial charge in [-0.05, 0) is 40.2 Å².